The van der Waals surface area contributed by atoms with Crippen molar-refractivity contribution in [2.45, 2.75) is 58.4 Å². The van der Waals surface area contributed by atoms with Crippen LogP contribution in [-0.4, -0.2) is 34.5 Å². The zero-order chi connectivity index (χ0) is 14.0. The first-order valence-electron chi connectivity index (χ1n) is 7.54. The molecule has 0 aromatic carbocycles. The van der Waals surface area contributed by atoms with Crippen molar-refractivity contribution in [1.82, 2.24) is 4.90 Å². The van der Waals surface area contributed by atoms with Gasteiger partial charge in [-0.2, -0.15) is 0 Å². The van der Waals surface area contributed by atoms with Gasteiger partial charge in [0.2, 0.25) is 5.91 Å². The maximum Gasteiger partial charge on any atom is 0.307 e. The Labute approximate surface area is 115 Å². The molecule has 2 atom stereocenters. The maximum atomic E-state index is 12.7. The fourth-order valence-corrected chi connectivity index (χ4v) is 3.13. The van der Waals surface area contributed by atoms with E-state index in [1.54, 1.807) is 0 Å². The van der Waals surface area contributed by atoms with E-state index in [4.69, 9.17) is 0 Å². The monoisotopic (exact) mass is 267 g/mol. The van der Waals surface area contributed by atoms with E-state index < -0.39 is 11.9 Å². The lowest BCUT2D eigenvalue weighted by atomic mass is 9.78. The Morgan fingerprint density at radius 1 is 1.11 bits per heavy atom. The summed E-state index contributed by atoms with van der Waals surface area (Å²) in [4.78, 5) is 26.0. The molecule has 108 valence electrons. The molecule has 2 aliphatic rings. The van der Waals surface area contributed by atoms with Crippen LogP contribution in [0.4, 0.5) is 0 Å². The van der Waals surface area contributed by atoms with Gasteiger partial charge in [-0.25, -0.2) is 0 Å². The topological polar surface area (TPSA) is 57.6 Å². The third kappa shape index (κ3) is 3.48. The van der Waals surface area contributed by atoms with Crippen molar-refractivity contribution >= 4 is 11.9 Å². The number of carboxylic acids is 1. The number of nitrogens with zero attached hydrogens (tertiary/aromatic N) is 1. The van der Waals surface area contributed by atoms with Gasteiger partial charge in [-0.1, -0.05) is 26.7 Å². The standard InChI is InChI=1S/C15H25NO3/c1-10(2)9-16(11-7-8-11)14(17)12-5-3-4-6-13(12)15(18)19/h10-13H,3-9H2,1-2H3,(H,18,19). The summed E-state index contributed by atoms with van der Waals surface area (Å²) in [6, 6.07) is 0.381. The molecule has 0 radical (unpaired) electrons. The molecule has 4 heteroatoms. The minimum atomic E-state index is -0.793. The van der Waals surface area contributed by atoms with Gasteiger partial charge in [-0.05, 0) is 31.6 Å². The number of aliphatic carboxylic acids is 1. The SMILES string of the molecule is CC(C)CN(C(=O)C1CCCCC1C(=O)O)C1CC1. The molecule has 1 N–H and O–H groups in total. The number of hydrogen-bond donors (Lipinski definition) is 1. The van der Waals surface area contributed by atoms with Gasteiger partial charge in [0.05, 0.1) is 11.8 Å². The van der Waals surface area contributed by atoms with E-state index in [9.17, 15) is 14.7 Å². The van der Waals surface area contributed by atoms with Gasteiger partial charge >= 0.3 is 5.97 Å². The van der Waals surface area contributed by atoms with Gasteiger partial charge < -0.3 is 10.0 Å². The normalized spacial score (nSPS) is 27.3. The van der Waals surface area contributed by atoms with E-state index in [1.807, 2.05) is 4.90 Å². The first-order chi connectivity index (χ1) is 9.00. The molecule has 2 fully saturated rings. The lowest BCUT2D eigenvalue weighted by Gasteiger charge is -2.33. The Kier molecular flexibility index (Phi) is 4.48. The summed E-state index contributed by atoms with van der Waals surface area (Å²) in [7, 11) is 0. The van der Waals surface area contributed by atoms with Crippen molar-refractivity contribution in [3.05, 3.63) is 0 Å². The van der Waals surface area contributed by atoms with Gasteiger partial charge in [-0.3, -0.25) is 9.59 Å². The van der Waals surface area contributed by atoms with Crippen LogP contribution in [0.15, 0.2) is 0 Å². The number of amides is 1. The molecule has 2 rings (SSSR count). The lowest BCUT2D eigenvalue weighted by Crippen LogP contribution is -2.45. The van der Waals surface area contributed by atoms with E-state index in [1.165, 1.54) is 0 Å². The van der Waals surface area contributed by atoms with Crippen LogP contribution in [0.3, 0.4) is 0 Å². The summed E-state index contributed by atoms with van der Waals surface area (Å²) < 4.78 is 0. The molecular formula is C15H25NO3. The third-order valence-electron chi connectivity index (χ3n) is 4.23. The first kappa shape index (κ1) is 14.4. The predicted molar refractivity (Wildman–Crippen MR) is 72.7 cm³/mol. The highest BCUT2D eigenvalue weighted by molar-refractivity contribution is 5.85. The minimum Gasteiger partial charge on any atom is -0.481 e. The van der Waals surface area contributed by atoms with E-state index >= 15 is 0 Å². The third-order valence-corrected chi connectivity index (χ3v) is 4.23. The average Bonchev–Trinajstić information content (AvgIpc) is 3.19. The molecule has 0 aromatic heterocycles. The van der Waals surface area contributed by atoms with Crippen molar-refractivity contribution in [1.29, 1.82) is 0 Å². The van der Waals surface area contributed by atoms with Gasteiger partial charge in [0.25, 0.3) is 0 Å². The Morgan fingerprint density at radius 2 is 1.68 bits per heavy atom. The van der Waals surface area contributed by atoms with E-state index in [2.05, 4.69) is 13.8 Å². The molecule has 1 amide bonds. The fourth-order valence-electron chi connectivity index (χ4n) is 3.13. The molecule has 0 spiro atoms. The zero-order valence-electron chi connectivity index (χ0n) is 12.0. The van der Waals surface area contributed by atoms with Crippen LogP contribution in [0.2, 0.25) is 0 Å². The Morgan fingerprint density at radius 3 is 2.16 bits per heavy atom. The van der Waals surface area contributed by atoms with E-state index in [0.717, 1.165) is 38.6 Å². The average molecular weight is 267 g/mol. The largest absolute Gasteiger partial charge is 0.481 e. The molecule has 2 aliphatic carbocycles. The predicted octanol–water partition coefficient (Wildman–Crippen LogP) is 2.52. The second-order valence-corrected chi connectivity index (χ2v) is 6.45. The molecule has 0 saturated heterocycles. The van der Waals surface area contributed by atoms with Gasteiger partial charge in [0, 0.05) is 12.6 Å². The minimum absolute atomic E-state index is 0.100. The van der Waals surface area contributed by atoms with Crippen LogP contribution in [0.1, 0.15) is 52.4 Å². The quantitative estimate of drug-likeness (QED) is 0.832. The van der Waals surface area contributed by atoms with Crippen LogP contribution in [0, 0.1) is 17.8 Å². The highest BCUT2D eigenvalue weighted by atomic mass is 16.4. The summed E-state index contributed by atoms with van der Waals surface area (Å²) in [5, 5.41) is 9.30. The van der Waals surface area contributed by atoms with Crippen LogP contribution in [0.5, 0.6) is 0 Å². The highest BCUT2D eigenvalue weighted by Crippen LogP contribution is 2.35. The number of carbonyl (C=O) groups excluding carboxylic acids is 1. The second-order valence-electron chi connectivity index (χ2n) is 6.45. The molecule has 2 unspecified atom stereocenters. The molecular weight excluding hydrogens is 242 g/mol. The van der Waals surface area contributed by atoms with Crippen molar-refractivity contribution in [3.63, 3.8) is 0 Å². The first-order valence-corrected chi connectivity index (χ1v) is 7.54. The maximum absolute atomic E-state index is 12.7. The fraction of sp³-hybridized carbons (Fsp3) is 0.867. The van der Waals surface area contributed by atoms with Crippen molar-refractivity contribution in [2.75, 3.05) is 6.54 Å². The summed E-state index contributed by atoms with van der Waals surface area (Å²) in [6.07, 6.45) is 5.50. The van der Waals surface area contributed by atoms with Gasteiger partial charge in [0.15, 0.2) is 0 Å². The van der Waals surface area contributed by atoms with Gasteiger partial charge in [0.1, 0.15) is 0 Å². The Bertz CT molecular complexity index is 349. The number of carboxylic acid groups (broad SMARTS) is 1. The molecule has 19 heavy (non-hydrogen) atoms. The number of carbonyl (C=O) groups is 2. The van der Waals surface area contributed by atoms with Crippen LogP contribution >= 0.6 is 0 Å². The summed E-state index contributed by atoms with van der Waals surface area (Å²) >= 11 is 0. The zero-order valence-corrected chi connectivity index (χ0v) is 12.0. The molecule has 2 saturated carbocycles. The van der Waals surface area contributed by atoms with Crippen LogP contribution in [0.25, 0.3) is 0 Å². The Balaban J connectivity index is 2.08. The van der Waals surface area contributed by atoms with Gasteiger partial charge in [-0.15, -0.1) is 0 Å². The lowest BCUT2D eigenvalue weighted by molar-refractivity contribution is -0.152. The highest BCUT2D eigenvalue weighted by Gasteiger charge is 2.41. The molecule has 0 aromatic rings. The smallest absolute Gasteiger partial charge is 0.307 e. The van der Waals surface area contributed by atoms with Crippen LogP contribution < -0.4 is 0 Å². The molecule has 0 bridgehead atoms. The molecule has 0 aliphatic heterocycles. The summed E-state index contributed by atoms with van der Waals surface area (Å²) in [5.74, 6) is -1.00. The second kappa shape index (κ2) is 5.93. The Hall–Kier alpha value is -1.06. The number of rotatable bonds is 5. The van der Waals surface area contributed by atoms with Crippen molar-refractivity contribution < 1.29 is 14.7 Å². The van der Waals surface area contributed by atoms with Crippen molar-refractivity contribution in [3.8, 4) is 0 Å². The van der Waals surface area contributed by atoms with E-state index in [-0.39, 0.29) is 11.8 Å². The van der Waals surface area contributed by atoms with Crippen molar-refractivity contribution in [2.24, 2.45) is 17.8 Å². The summed E-state index contributed by atoms with van der Waals surface area (Å²) in [6.45, 7) is 4.99. The summed E-state index contributed by atoms with van der Waals surface area (Å²) in [5.41, 5.74) is 0. The number of hydrogen-bond acceptors (Lipinski definition) is 2. The van der Waals surface area contributed by atoms with Crippen LogP contribution in [-0.2, 0) is 9.59 Å². The molecule has 4 nitrogen and oxygen atoms in total. The van der Waals surface area contributed by atoms with E-state index in [0.29, 0.717) is 18.4 Å². The molecule has 0 heterocycles.